The van der Waals surface area contributed by atoms with Gasteiger partial charge in [0.05, 0.1) is 21.7 Å². The minimum absolute atomic E-state index is 0.0764. The van der Waals surface area contributed by atoms with Gasteiger partial charge in [-0.15, -0.1) is 0 Å². The number of fused-ring (bicyclic) bond motifs is 1. The first kappa shape index (κ1) is 14.1. The van der Waals surface area contributed by atoms with Gasteiger partial charge in [0, 0.05) is 12.6 Å². The van der Waals surface area contributed by atoms with E-state index >= 15 is 0 Å². The smallest absolute Gasteiger partial charge is 0.274 e. The molecular weight excluding hydrogens is 294 g/mol. The van der Waals surface area contributed by atoms with E-state index in [-0.39, 0.29) is 17.8 Å². The number of anilines is 1. The van der Waals surface area contributed by atoms with Gasteiger partial charge < -0.3 is 4.90 Å². The Bertz CT molecular complexity index is 792. The molecule has 5 nitrogen and oxygen atoms in total. The van der Waals surface area contributed by atoms with Crippen LogP contribution in [0.4, 0.5) is 20.2 Å². The number of halogens is 2. The van der Waals surface area contributed by atoms with Crippen molar-refractivity contribution in [2.24, 2.45) is 0 Å². The topological polar surface area (TPSA) is 63.5 Å². The number of nitro groups is 1. The summed E-state index contributed by atoms with van der Waals surface area (Å²) in [5, 5.41) is 11.0. The van der Waals surface area contributed by atoms with Gasteiger partial charge in [0.1, 0.15) is 11.6 Å². The molecule has 0 spiro atoms. The van der Waals surface area contributed by atoms with Crippen molar-refractivity contribution < 1.29 is 18.5 Å². The van der Waals surface area contributed by atoms with Crippen LogP contribution in [0.5, 0.6) is 0 Å². The molecule has 3 rings (SSSR count). The van der Waals surface area contributed by atoms with Gasteiger partial charge in [-0.3, -0.25) is 14.9 Å². The molecule has 0 aliphatic carbocycles. The van der Waals surface area contributed by atoms with Crippen LogP contribution in [0.2, 0.25) is 0 Å². The minimum Gasteiger partial charge on any atom is -0.307 e. The van der Waals surface area contributed by atoms with Gasteiger partial charge in [-0.25, -0.2) is 8.78 Å². The standard InChI is InChI=1S/C15H10F2N2O3/c16-9-4-5-12(17)11(8-9)15(20)18-7-6-10-13(18)2-1-3-14(10)19(21)22/h1-5,8H,6-7H2. The summed E-state index contributed by atoms with van der Waals surface area (Å²) in [4.78, 5) is 24.1. The van der Waals surface area contributed by atoms with Gasteiger partial charge in [-0.2, -0.15) is 0 Å². The van der Waals surface area contributed by atoms with Gasteiger partial charge in [-0.1, -0.05) is 6.07 Å². The highest BCUT2D eigenvalue weighted by molar-refractivity contribution is 6.07. The van der Waals surface area contributed by atoms with Crippen molar-refractivity contribution in [3.63, 3.8) is 0 Å². The molecule has 0 fully saturated rings. The molecule has 0 atom stereocenters. The molecule has 1 heterocycles. The van der Waals surface area contributed by atoms with E-state index in [1.165, 1.54) is 17.0 Å². The largest absolute Gasteiger partial charge is 0.307 e. The number of hydrogen-bond donors (Lipinski definition) is 0. The maximum atomic E-state index is 13.7. The van der Waals surface area contributed by atoms with Gasteiger partial charge in [-0.05, 0) is 30.7 Å². The monoisotopic (exact) mass is 304 g/mol. The van der Waals surface area contributed by atoms with E-state index in [4.69, 9.17) is 0 Å². The van der Waals surface area contributed by atoms with Gasteiger partial charge in [0.2, 0.25) is 0 Å². The summed E-state index contributed by atoms with van der Waals surface area (Å²) in [6.07, 6.45) is 0.301. The number of rotatable bonds is 2. The van der Waals surface area contributed by atoms with E-state index < -0.39 is 22.5 Å². The van der Waals surface area contributed by atoms with E-state index in [9.17, 15) is 23.7 Å². The lowest BCUT2D eigenvalue weighted by atomic mass is 10.1. The third-order valence-corrected chi connectivity index (χ3v) is 3.60. The highest BCUT2D eigenvalue weighted by atomic mass is 19.1. The van der Waals surface area contributed by atoms with E-state index in [1.807, 2.05) is 0 Å². The van der Waals surface area contributed by atoms with Gasteiger partial charge in [0.15, 0.2) is 0 Å². The zero-order chi connectivity index (χ0) is 15.9. The molecule has 0 radical (unpaired) electrons. The average Bonchev–Trinajstić information content (AvgIpc) is 2.92. The lowest BCUT2D eigenvalue weighted by Gasteiger charge is -2.17. The minimum atomic E-state index is -0.828. The third-order valence-electron chi connectivity index (χ3n) is 3.60. The molecule has 1 aliphatic rings. The highest BCUT2D eigenvalue weighted by Gasteiger charge is 2.31. The van der Waals surface area contributed by atoms with Crippen molar-refractivity contribution in [2.45, 2.75) is 6.42 Å². The summed E-state index contributed by atoms with van der Waals surface area (Å²) in [6.45, 7) is 0.189. The Labute approximate surface area is 123 Å². The second-order valence-corrected chi connectivity index (χ2v) is 4.86. The molecule has 0 unspecified atom stereocenters. The normalized spacial score (nSPS) is 13.1. The van der Waals surface area contributed by atoms with Crippen LogP contribution in [0.15, 0.2) is 36.4 Å². The fraction of sp³-hybridized carbons (Fsp3) is 0.133. The van der Waals surface area contributed by atoms with Crippen molar-refractivity contribution >= 4 is 17.3 Å². The highest BCUT2D eigenvalue weighted by Crippen LogP contribution is 2.35. The first-order valence-corrected chi connectivity index (χ1v) is 6.52. The van der Waals surface area contributed by atoms with E-state index in [2.05, 4.69) is 0 Å². The number of amides is 1. The van der Waals surface area contributed by atoms with Gasteiger partial charge >= 0.3 is 0 Å². The van der Waals surface area contributed by atoms with Crippen LogP contribution in [0.3, 0.4) is 0 Å². The summed E-state index contributed by atoms with van der Waals surface area (Å²) in [5.41, 5.74) is 0.326. The van der Waals surface area contributed by atoms with Crippen LogP contribution in [-0.2, 0) is 6.42 Å². The number of benzene rings is 2. The van der Waals surface area contributed by atoms with Crippen LogP contribution < -0.4 is 4.90 Å². The maximum Gasteiger partial charge on any atom is 0.274 e. The Morgan fingerprint density at radius 1 is 1.23 bits per heavy atom. The Balaban J connectivity index is 2.03. The molecule has 2 aromatic rings. The number of nitro benzene ring substituents is 1. The zero-order valence-corrected chi connectivity index (χ0v) is 11.3. The molecule has 0 bridgehead atoms. The molecule has 0 N–H and O–H groups in total. The number of carbonyl (C=O) groups excluding carboxylic acids is 1. The molecule has 2 aromatic carbocycles. The van der Waals surface area contributed by atoms with E-state index in [0.29, 0.717) is 17.7 Å². The molecule has 0 aromatic heterocycles. The lowest BCUT2D eigenvalue weighted by Crippen LogP contribution is -2.29. The SMILES string of the molecule is O=C(c1cc(F)ccc1F)N1CCc2c1cccc2[N+](=O)[O-]. The lowest BCUT2D eigenvalue weighted by molar-refractivity contribution is -0.385. The molecule has 0 saturated heterocycles. The number of carbonyl (C=O) groups is 1. The summed E-state index contributed by atoms with van der Waals surface area (Å²) in [7, 11) is 0. The fourth-order valence-electron chi connectivity index (χ4n) is 2.60. The number of hydrogen-bond acceptors (Lipinski definition) is 3. The predicted octanol–water partition coefficient (Wildman–Crippen LogP) is 3.08. The molecular formula is C15H10F2N2O3. The molecule has 7 heteroatoms. The Morgan fingerprint density at radius 3 is 2.73 bits per heavy atom. The van der Waals surface area contributed by atoms with Crippen LogP contribution in [0.25, 0.3) is 0 Å². The summed E-state index contributed by atoms with van der Waals surface area (Å²) in [6, 6.07) is 7.01. The van der Waals surface area contributed by atoms with Crippen LogP contribution in [0, 0.1) is 21.7 Å². The molecule has 1 aliphatic heterocycles. The van der Waals surface area contributed by atoms with Crippen molar-refractivity contribution in [2.75, 3.05) is 11.4 Å². The third kappa shape index (κ3) is 2.20. The van der Waals surface area contributed by atoms with E-state index in [0.717, 1.165) is 18.2 Å². The van der Waals surface area contributed by atoms with Crippen molar-refractivity contribution in [3.05, 3.63) is 69.3 Å². The number of nitrogens with zero attached hydrogens (tertiary/aromatic N) is 2. The first-order valence-electron chi connectivity index (χ1n) is 6.52. The quantitative estimate of drug-likeness (QED) is 0.632. The second-order valence-electron chi connectivity index (χ2n) is 4.86. The first-order chi connectivity index (χ1) is 10.5. The Morgan fingerprint density at radius 2 is 2.00 bits per heavy atom. The summed E-state index contributed by atoms with van der Waals surface area (Å²) in [5.74, 6) is -2.26. The van der Waals surface area contributed by atoms with Crippen LogP contribution >= 0.6 is 0 Å². The van der Waals surface area contributed by atoms with Crippen molar-refractivity contribution in [1.29, 1.82) is 0 Å². The summed E-state index contributed by atoms with van der Waals surface area (Å²) < 4.78 is 27.0. The maximum absolute atomic E-state index is 13.7. The predicted molar refractivity (Wildman–Crippen MR) is 74.8 cm³/mol. The molecule has 1 amide bonds. The Kier molecular flexibility index (Phi) is 3.32. The molecule has 0 saturated carbocycles. The van der Waals surface area contributed by atoms with Crippen LogP contribution in [-0.4, -0.2) is 17.4 Å². The van der Waals surface area contributed by atoms with Crippen molar-refractivity contribution in [3.8, 4) is 0 Å². The van der Waals surface area contributed by atoms with Crippen LogP contribution in [0.1, 0.15) is 15.9 Å². The average molecular weight is 304 g/mol. The van der Waals surface area contributed by atoms with Gasteiger partial charge in [0.25, 0.3) is 11.6 Å². The fourth-order valence-corrected chi connectivity index (χ4v) is 2.60. The van der Waals surface area contributed by atoms with E-state index in [1.54, 1.807) is 6.07 Å². The Hall–Kier alpha value is -2.83. The molecule has 22 heavy (non-hydrogen) atoms. The zero-order valence-electron chi connectivity index (χ0n) is 11.3. The molecule has 112 valence electrons. The second kappa shape index (κ2) is 5.18. The summed E-state index contributed by atoms with van der Waals surface area (Å²) >= 11 is 0. The van der Waals surface area contributed by atoms with Crippen molar-refractivity contribution in [1.82, 2.24) is 0 Å².